The number of aliphatic imine (C=N–C) groups is 1. The molecule has 3 atom stereocenters. The highest BCUT2D eigenvalue weighted by Gasteiger charge is 2.70. The van der Waals surface area contributed by atoms with Crippen LogP contribution in [0, 0.1) is 23.6 Å². The van der Waals surface area contributed by atoms with E-state index in [0.717, 1.165) is 0 Å². The van der Waals surface area contributed by atoms with E-state index in [9.17, 15) is 13.6 Å². The number of fused-ring (bicyclic) bond motifs is 1. The Morgan fingerprint density at radius 2 is 2.21 bits per heavy atom. The van der Waals surface area contributed by atoms with Gasteiger partial charge in [-0.2, -0.15) is 0 Å². The highest BCUT2D eigenvalue weighted by atomic mass is 32.2. The maximum atomic E-state index is 14.9. The summed E-state index contributed by atoms with van der Waals surface area (Å²) in [5, 5.41) is 11.6. The van der Waals surface area contributed by atoms with Crippen LogP contribution in [0.4, 0.5) is 8.78 Å². The Labute approximate surface area is 193 Å². The Hall–Kier alpha value is -3.29. The highest BCUT2D eigenvalue weighted by Crippen LogP contribution is 2.66. The summed E-state index contributed by atoms with van der Waals surface area (Å²) in [5.41, 5.74) is 5.88. The third-order valence-corrected chi connectivity index (χ3v) is 7.15. The van der Waals surface area contributed by atoms with Crippen molar-refractivity contribution in [3.05, 3.63) is 58.9 Å². The van der Waals surface area contributed by atoms with Crippen LogP contribution in [0.2, 0.25) is 0 Å². The number of nitrogens with two attached hydrogens (primary N) is 1. The third kappa shape index (κ3) is 4.10. The van der Waals surface area contributed by atoms with Crippen molar-refractivity contribution >= 4 is 34.7 Å². The summed E-state index contributed by atoms with van der Waals surface area (Å²) in [7, 11) is 1.55. The van der Waals surface area contributed by atoms with Crippen molar-refractivity contribution in [2.75, 3.05) is 13.7 Å². The number of nitrogens with one attached hydrogen (secondary N) is 1. The first-order valence-electron chi connectivity index (χ1n) is 10.1. The van der Waals surface area contributed by atoms with Gasteiger partial charge < -0.3 is 16.2 Å². The molecule has 4 N–H and O–H groups in total. The lowest BCUT2D eigenvalue weighted by Crippen LogP contribution is -2.43. The van der Waals surface area contributed by atoms with Gasteiger partial charge in [0, 0.05) is 18.5 Å². The molecule has 0 unspecified atom stereocenters. The minimum atomic E-state index is -1.07. The van der Waals surface area contributed by atoms with Crippen molar-refractivity contribution in [2.45, 2.75) is 23.6 Å². The molecule has 1 aromatic heterocycles. The van der Waals surface area contributed by atoms with Crippen LogP contribution in [-0.2, 0) is 10.3 Å². The maximum Gasteiger partial charge on any atom is 0.236 e. The molecule has 2 aliphatic rings. The number of nitrogens with zero attached hydrogens (tertiary/aromatic N) is 3. The molecular formula is C23H21F2N5O2S. The Morgan fingerprint density at radius 1 is 1.42 bits per heavy atom. The van der Waals surface area contributed by atoms with Gasteiger partial charge in [0.05, 0.1) is 17.9 Å². The van der Waals surface area contributed by atoms with E-state index < -0.39 is 21.9 Å². The molecule has 4 rings (SSSR count). The molecule has 1 aromatic carbocycles. The van der Waals surface area contributed by atoms with Crippen molar-refractivity contribution in [1.29, 1.82) is 0 Å². The number of aliphatic hydroxyl groups is 1. The molecule has 0 spiro atoms. The predicted molar refractivity (Wildman–Crippen MR) is 123 cm³/mol. The van der Waals surface area contributed by atoms with Gasteiger partial charge >= 0.3 is 0 Å². The summed E-state index contributed by atoms with van der Waals surface area (Å²) >= 11 is 1.20. The average molecular weight is 470 g/mol. The molecule has 2 heterocycles. The van der Waals surface area contributed by atoms with Crippen LogP contribution in [0.3, 0.4) is 0 Å². The summed E-state index contributed by atoms with van der Waals surface area (Å²) in [4.78, 5) is 25.0. The number of thioether (sulfide) groups is 1. The van der Waals surface area contributed by atoms with Crippen molar-refractivity contribution in [2.24, 2.45) is 16.6 Å². The molecule has 0 radical (unpaired) electrons. The first-order valence-corrected chi connectivity index (χ1v) is 10.9. The lowest BCUT2D eigenvalue weighted by molar-refractivity contribution is -0.121. The van der Waals surface area contributed by atoms with Gasteiger partial charge in [0.2, 0.25) is 5.91 Å². The molecule has 7 nitrogen and oxygen atoms in total. The molecule has 0 bridgehead atoms. The topological polar surface area (TPSA) is 113 Å². The molecule has 1 aliphatic carbocycles. The smallest absolute Gasteiger partial charge is 0.236 e. The number of carbonyl (C=O) groups excluding carboxylic acids is 1. The monoisotopic (exact) mass is 469 g/mol. The Kier molecular flexibility index (Phi) is 5.95. The van der Waals surface area contributed by atoms with Gasteiger partial charge in [-0.05, 0) is 43.0 Å². The number of amidine groups is 1. The van der Waals surface area contributed by atoms with Gasteiger partial charge in [0.25, 0.3) is 0 Å². The Bertz CT molecular complexity index is 1240. The number of hydrogen-bond donors (Lipinski definition) is 3. The van der Waals surface area contributed by atoms with Gasteiger partial charge in [0.1, 0.15) is 28.6 Å². The fraction of sp³-hybridized carbons (Fsp3) is 0.304. The maximum absolute atomic E-state index is 14.9. The van der Waals surface area contributed by atoms with Crippen LogP contribution in [0.25, 0.3) is 11.9 Å². The second-order valence-corrected chi connectivity index (χ2v) is 9.25. The number of benzene rings is 1. The number of hydrogen-bond acceptors (Lipinski definition) is 7. The van der Waals surface area contributed by atoms with Crippen molar-refractivity contribution in [1.82, 2.24) is 15.3 Å². The number of aromatic nitrogens is 2. The van der Waals surface area contributed by atoms with Crippen LogP contribution < -0.4 is 11.1 Å². The highest BCUT2D eigenvalue weighted by molar-refractivity contribution is 8.15. The van der Waals surface area contributed by atoms with Crippen LogP contribution in [0.15, 0.2) is 35.6 Å². The fourth-order valence-electron chi connectivity index (χ4n) is 4.17. The molecule has 1 aliphatic heterocycles. The largest absolute Gasteiger partial charge is 0.384 e. The summed E-state index contributed by atoms with van der Waals surface area (Å²) in [6.07, 6.45) is 4.25. The number of aliphatic hydroxyl groups excluding tert-OH is 1. The molecular weight excluding hydrogens is 448 g/mol. The van der Waals surface area contributed by atoms with Crippen LogP contribution in [-0.4, -0.2) is 44.6 Å². The fourth-order valence-corrected chi connectivity index (χ4v) is 5.59. The van der Waals surface area contributed by atoms with E-state index in [-0.39, 0.29) is 34.9 Å². The molecule has 10 heteroatoms. The van der Waals surface area contributed by atoms with E-state index in [1.807, 2.05) is 0 Å². The number of carbonyl (C=O) groups is 1. The van der Waals surface area contributed by atoms with Crippen LogP contribution in [0.1, 0.15) is 35.9 Å². The van der Waals surface area contributed by atoms with Crippen molar-refractivity contribution in [3.63, 3.8) is 0 Å². The van der Waals surface area contributed by atoms with Gasteiger partial charge in [-0.25, -0.2) is 18.7 Å². The minimum Gasteiger partial charge on any atom is -0.384 e. The van der Waals surface area contributed by atoms with E-state index in [0.29, 0.717) is 17.7 Å². The van der Waals surface area contributed by atoms with Crippen molar-refractivity contribution in [3.8, 4) is 11.8 Å². The first kappa shape index (κ1) is 22.9. The normalized spacial score (nSPS) is 25.9. The molecule has 170 valence electrons. The van der Waals surface area contributed by atoms with Gasteiger partial charge in [-0.1, -0.05) is 23.7 Å². The van der Waals surface area contributed by atoms with Gasteiger partial charge in [-0.3, -0.25) is 9.79 Å². The lowest BCUT2D eigenvalue weighted by atomic mass is 9.84. The van der Waals surface area contributed by atoms with E-state index in [1.165, 1.54) is 48.4 Å². The first-order chi connectivity index (χ1) is 15.7. The molecule has 1 amide bonds. The van der Waals surface area contributed by atoms with E-state index in [4.69, 9.17) is 10.8 Å². The summed E-state index contributed by atoms with van der Waals surface area (Å²) in [6, 6.07) is 4.21. The summed E-state index contributed by atoms with van der Waals surface area (Å²) in [5.74, 6) is 3.42. The molecule has 1 fully saturated rings. The van der Waals surface area contributed by atoms with E-state index >= 15 is 0 Å². The number of halogens is 2. The molecule has 1 saturated carbocycles. The van der Waals surface area contributed by atoms with E-state index in [1.54, 1.807) is 14.0 Å². The molecule has 2 aromatic rings. The second kappa shape index (κ2) is 8.57. The van der Waals surface area contributed by atoms with Crippen molar-refractivity contribution < 1.29 is 18.7 Å². The zero-order chi connectivity index (χ0) is 23.8. The third-order valence-electron chi connectivity index (χ3n) is 5.85. The number of amides is 1. The zero-order valence-corrected chi connectivity index (χ0v) is 18.7. The predicted octanol–water partition coefficient (Wildman–Crippen LogP) is 2.21. The quantitative estimate of drug-likeness (QED) is 0.592. The second-order valence-electron chi connectivity index (χ2n) is 7.90. The molecule has 0 saturated heterocycles. The summed E-state index contributed by atoms with van der Waals surface area (Å²) < 4.78 is 29.0. The minimum absolute atomic E-state index is 0.0150. The zero-order valence-electron chi connectivity index (χ0n) is 17.9. The Morgan fingerprint density at radius 3 is 2.88 bits per heavy atom. The average Bonchev–Trinajstić information content (AvgIpc) is 3.55. The number of rotatable bonds is 4. The van der Waals surface area contributed by atoms with Crippen LogP contribution >= 0.6 is 11.8 Å². The standard InChI is InChI=1S/C23H21F2N5O2S/c1-22(19-10-23(19,20(32)27-2)33-21(26)30-22)15-8-13(5-6-16(15)24)9-17(25)18-12-28-14(11-29-18)4-3-7-31/h5-6,8-9,11-12,19,31H,7,10H2,1-2H3,(H2,26,30)(H,27,32)/b17-9-/t19-,22+,23-/m0/s1. The van der Waals surface area contributed by atoms with Crippen LogP contribution in [0.5, 0.6) is 0 Å². The Balaban J connectivity index is 1.67. The summed E-state index contributed by atoms with van der Waals surface area (Å²) in [6.45, 7) is 1.43. The molecule has 33 heavy (non-hydrogen) atoms. The van der Waals surface area contributed by atoms with E-state index in [2.05, 4.69) is 32.1 Å². The lowest BCUT2D eigenvalue weighted by Gasteiger charge is -2.33. The van der Waals surface area contributed by atoms with Gasteiger partial charge in [-0.15, -0.1) is 0 Å². The SMILES string of the molecule is CNC(=O)[C@]12C[C@H]1[C@@](C)(c1cc(/C=C(\F)c3cnc(C#CCO)cn3)ccc1F)N=C(N)S2. The van der Waals surface area contributed by atoms with Gasteiger partial charge in [0.15, 0.2) is 11.0 Å².